The van der Waals surface area contributed by atoms with Crippen LogP contribution < -0.4 is 10.6 Å². The molecule has 2 unspecified atom stereocenters. The summed E-state index contributed by atoms with van der Waals surface area (Å²) in [6, 6.07) is 6.85. The van der Waals surface area contributed by atoms with Crippen LogP contribution in [0.25, 0.3) is 0 Å². The van der Waals surface area contributed by atoms with Gasteiger partial charge in [0.25, 0.3) is 0 Å². The maximum absolute atomic E-state index is 12.6. The second-order valence-corrected chi connectivity index (χ2v) is 5.45. The summed E-state index contributed by atoms with van der Waals surface area (Å²) in [5, 5.41) is 5.45. The van der Waals surface area contributed by atoms with Crippen molar-refractivity contribution in [2.24, 2.45) is 0 Å². The third-order valence-corrected chi connectivity index (χ3v) is 4.05. The van der Waals surface area contributed by atoms with Gasteiger partial charge in [0.2, 0.25) is 17.7 Å². The zero-order valence-electron chi connectivity index (χ0n) is 11.8. The fraction of sp³-hybridized carbons (Fsp3) is 0.400. The number of piperazine rings is 1. The van der Waals surface area contributed by atoms with E-state index in [4.69, 9.17) is 0 Å². The minimum Gasteiger partial charge on any atom is -0.373 e. The Hall–Kier alpha value is -2.37. The summed E-state index contributed by atoms with van der Waals surface area (Å²) < 4.78 is 0. The van der Waals surface area contributed by atoms with Crippen LogP contribution >= 0.6 is 0 Å². The highest BCUT2D eigenvalue weighted by molar-refractivity contribution is 6.05. The first-order valence-corrected chi connectivity index (χ1v) is 7.05. The number of hydrogen-bond acceptors (Lipinski definition) is 4. The number of nitrogens with one attached hydrogen (secondary N) is 2. The Kier molecular flexibility index (Phi) is 3.37. The lowest BCUT2D eigenvalue weighted by Crippen LogP contribution is -2.61. The smallest absolute Gasteiger partial charge is 0.249 e. The van der Waals surface area contributed by atoms with Crippen molar-refractivity contribution in [2.45, 2.75) is 31.8 Å². The van der Waals surface area contributed by atoms with Crippen LogP contribution in [0, 0.1) is 0 Å². The molecule has 1 aromatic rings. The van der Waals surface area contributed by atoms with E-state index in [0.29, 0.717) is 6.42 Å². The molecule has 3 amide bonds. The van der Waals surface area contributed by atoms with Gasteiger partial charge in [-0.1, -0.05) is 18.2 Å². The van der Waals surface area contributed by atoms with Crippen molar-refractivity contribution in [1.29, 1.82) is 0 Å². The summed E-state index contributed by atoms with van der Waals surface area (Å²) in [6.45, 7) is 1.57. The first-order valence-electron chi connectivity index (χ1n) is 7.05. The van der Waals surface area contributed by atoms with Crippen LogP contribution in [0.3, 0.4) is 0 Å². The number of carbonyl (C=O) groups is 3. The predicted molar refractivity (Wildman–Crippen MR) is 76.5 cm³/mol. The number of benzene rings is 1. The summed E-state index contributed by atoms with van der Waals surface area (Å²) >= 11 is 0. The van der Waals surface area contributed by atoms with Gasteiger partial charge in [0.1, 0.15) is 18.6 Å². The SMILES string of the molecule is CC1C(=O)NC(=O)CN1C(=O)C1CCc2ccccc2N1. The van der Waals surface area contributed by atoms with E-state index >= 15 is 0 Å². The predicted octanol–water partition coefficient (Wildman–Crippen LogP) is 0.287. The number of rotatable bonds is 1. The number of amides is 3. The molecular formula is C15H17N3O3. The third-order valence-electron chi connectivity index (χ3n) is 4.05. The summed E-state index contributed by atoms with van der Waals surface area (Å²) in [7, 11) is 0. The van der Waals surface area contributed by atoms with Crippen molar-refractivity contribution in [3.63, 3.8) is 0 Å². The van der Waals surface area contributed by atoms with E-state index < -0.39 is 17.9 Å². The molecule has 0 radical (unpaired) electrons. The molecule has 1 saturated heterocycles. The van der Waals surface area contributed by atoms with Gasteiger partial charge < -0.3 is 10.2 Å². The number of hydrogen-bond donors (Lipinski definition) is 2. The van der Waals surface area contributed by atoms with Crippen LogP contribution in [-0.2, 0) is 20.8 Å². The lowest BCUT2D eigenvalue weighted by atomic mass is 9.96. The molecule has 1 fully saturated rings. The van der Waals surface area contributed by atoms with Crippen molar-refractivity contribution in [2.75, 3.05) is 11.9 Å². The summed E-state index contributed by atoms with van der Waals surface area (Å²) in [5.41, 5.74) is 2.13. The molecule has 6 nitrogen and oxygen atoms in total. The molecule has 0 saturated carbocycles. The van der Waals surface area contributed by atoms with Crippen LogP contribution in [0.15, 0.2) is 24.3 Å². The minimum absolute atomic E-state index is 0.0639. The van der Waals surface area contributed by atoms with Gasteiger partial charge in [-0.2, -0.15) is 0 Å². The van der Waals surface area contributed by atoms with Gasteiger partial charge in [-0.3, -0.25) is 19.7 Å². The van der Waals surface area contributed by atoms with E-state index in [2.05, 4.69) is 10.6 Å². The zero-order valence-corrected chi connectivity index (χ0v) is 11.8. The number of fused-ring (bicyclic) bond motifs is 1. The van der Waals surface area contributed by atoms with Crippen molar-refractivity contribution in [3.05, 3.63) is 29.8 Å². The Morgan fingerprint density at radius 1 is 1.29 bits per heavy atom. The first kappa shape index (κ1) is 13.6. The molecule has 0 spiro atoms. The third kappa shape index (κ3) is 2.49. The van der Waals surface area contributed by atoms with Crippen LogP contribution in [0.2, 0.25) is 0 Å². The largest absolute Gasteiger partial charge is 0.373 e. The van der Waals surface area contributed by atoms with Gasteiger partial charge in [-0.15, -0.1) is 0 Å². The van der Waals surface area contributed by atoms with Gasteiger partial charge in [0.15, 0.2) is 0 Å². The molecule has 3 rings (SSSR count). The second kappa shape index (κ2) is 5.20. The molecule has 0 aromatic heterocycles. The molecule has 2 atom stereocenters. The van der Waals surface area contributed by atoms with E-state index in [1.807, 2.05) is 24.3 Å². The molecule has 0 aliphatic carbocycles. The Balaban J connectivity index is 1.77. The second-order valence-electron chi connectivity index (χ2n) is 5.45. The van der Waals surface area contributed by atoms with Crippen LogP contribution in [-0.4, -0.2) is 41.2 Å². The number of nitrogens with zero attached hydrogens (tertiary/aromatic N) is 1. The van der Waals surface area contributed by atoms with E-state index in [1.54, 1.807) is 6.92 Å². The molecule has 1 aromatic carbocycles. The lowest BCUT2D eigenvalue weighted by molar-refractivity contribution is -0.149. The molecular weight excluding hydrogens is 270 g/mol. The van der Waals surface area contributed by atoms with Crippen LogP contribution in [0.5, 0.6) is 0 Å². The Bertz CT molecular complexity index is 614. The molecule has 21 heavy (non-hydrogen) atoms. The number of anilines is 1. The van der Waals surface area contributed by atoms with E-state index in [9.17, 15) is 14.4 Å². The normalized spacial score (nSPS) is 24.9. The Morgan fingerprint density at radius 3 is 2.86 bits per heavy atom. The molecule has 6 heteroatoms. The van der Waals surface area contributed by atoms with Crippen molar-refractivity contribution >= 4 is 23.4 Å². The fourth-order valence-corrected chi connectivity index (χ4v) is 2.81. The maximum atomic E-state index is 12.6. The van der Waals surface area contributed by atoms with E-state index in [-0.39, 0.29) is 18.5 Å². The molecule has 110 valence electrons. The Labute approximate surface area is 122 Å². The summed E-state index contributed by atoms with van der Waals surface area (Å²) in [4.78, 5) is 37.1. The van der Waals surface area contributed by atoms with Crippen molar-refractivity contribution in [1.82, 2.24) is 10.2 Å². The van der Waals surface area contributed by atoms with Gasteiger partial charge in [-0.25, -0.2) is 0 Å². The molecule has 2 N–H and O–H groups in total. The highest BCUT2D eigenvalue weighted by Crippen LogP contribution is 2.25. The monoisotopic (exact) mass is 287 g/mol. The highest BCUT2D eigenvalue weighted by atomic mass is 16.2. The van der Waals surface area contributed by atoms with E-state index in [1.165, 1.54) is 10.5 Å². The highest BCUT2D eigenvalue weighted by Gasteiger charge is 2.37. The van der Waals surface area contributed by atoms with Gasteiger partial charge in [0.05, 0.1) is 0 Å². The van der Waals surface area contributed by atoms with Crippen molar-refractivity contribution < 1.29 is 14.4 Å². The number of para-hydroxylation sites is 1. The first-order chi connectivity index (χ1) is 10.1. The standard InChI is InChI=1S/C15H17N3O3/c1-9-14(20)17-13(19)8-18(9)15(21)12-7-6-10-4-2-3-5-11(10)16-12/h2-5,9,12,16H,6-8H2,1H3,(H,17,19,20). The summed E-state index contributed by atoms with van der Waals surface area (Å²) in [6.07, 6.45) is 1.47. The minimum atomic E-state index is -0.617. The average Bonchev–Trinajstić information content (AvgIpc) is 2.49. The van der Waals surface area contributed by atoms with E-state index in [0.717, 1.165) is 12.1 Å². The van der Waals surface area contributed by atoms with Crippen molar-refractivity contribution in [3.8, 4) is 0 Å². The molecule has 0 bridgehead atoms. The number of carbonyl (C=O) groups excluding carboxylic acids is 3. The van der Waals surface area contributed by atoms with Gasteiger partial charge >= 0.3 is 0 Å². The lowest BCUT2D eigenvalue weighted by Gasteiger charge is -2.36. The quantitative estimate of drug-likeness (QED) is 0.728. The number of imide groups is 1. The molecule has 2 aliphatic rings. The van der Waals surface area contributed by atoms with Gasteiger partial charge in [-0.05, 0) is 31.4 Å². The summed E-state index contributed by atoms with van der Waals surface area (Å²) in [5.74, 6) is -1.04. The topological polar surface area (TPSA) is 78.5 Å². The van der Waals surface area contributed by atoms with Crippen LogP contribution in [0.1, 0.15) is 18.9 Å². The van der Waals surface area contributed by atoms with Gasteiger partial charge in [0, 0.05) is 5.69 Å². The Morgan fingerprint density at radius 2 is 2.05 bits per heavy atom. The zero-order chi connectivity index (χ0) is 15.0. The number of aryl methyl sites for hydroxylation is 1. The average molecular weight is 287 g/mol. The molecule has 2 heterocycles. The molecule has 2 aliphatic heterocycles. The fourth-order valence-electron chi connectivity index (χ4n) is 2.81. The van der Waals surface area contributed by atoms with Crippen LogP contribution in [0.4, 0.5) is 5.69 Å². The maximum Gasteiger partial charge on any atom is 0.249 e.